The van der Waals surface area contributed by atoms with Gasteiger partial charge in [0.15, 0.2) is 0 Å². The Bertz CT molecular complexity index is 624. The normalized spacial score (nSPS) is 14.1. The SMILES string of the molecule is CC=O.CCCC(CC)Nc1ncnc2sc3c(c12)CCC3. The third-order valence-corrected chi connectivity index (χ3v) is 5.17. The number of nitrogens with one attached hydrogen (secondary N) is 1. The van der Waals surface area contributed by atoms with Gasteiger partial charge in [-0.25, -0.2) is 9.97 Å². The molecule has 0 aromatic carbocycles. The van der Waals surface area contributed by atoms with Crippen LogP contribution in [-0.4, -0.2) is 22.3 Å². The van der Waals surface area contributed by atoms with Gasteiger partial charge in [-0.15, -0.1) is 11.3 Å². The minimum absolute atomic E-state index is 0.528. The fourth-order valence-electron chi connectivity index (χ4n) is 2.96. The average Bonchev–Trinajstić information content (AvgIpc) is 3.08. The van der Waals surface area contributed by atoms with Crippen molar-refractivity contribution in [1.29, 1.82) is 0 Å². The molecule has 0 saturated heterocycles. The van der Waals surface area contributed by atoms with Crippen molar-refractivity contribution in [3.63, 3.8) is 0 Å². The lowest BCUT2D eigenvalue weighted by molar-refractivity contribution is -0.106. The molecule has 0 bridgehead atoms. The van der Waals surface area contributed by atoms with Crippen LogP contribution in [0.25, 0.3) is 10.2 Å². The first-order chi connectivity index (χ1) is 10.7. The Kier molecular flexibility index (Phi) is 6.31. The lowest BCUT2D eigenvalue weighted by atomic mass is 10.1. The van der Waals surface area contributed by atoms with Gasteiger partial charge in [-0.3, -0.25) is 0 Å². The van der Waals surface area contributed by atoms with Crippen LogP contribution in [0.15, 0.2) is 6.33 Å². The molecule has 22 heavy (non-hydrogen) atoms. The van der Waals surface area contributed by atoms with Gasteiger partial charge in [-0.2, -0.15) is 0 Å². The van der Waals surface area contributed by atoms with Gasteiger partial charge in [0, 0.05) is 10.9 Å². The molecule has 0 radical (unpaired) electrons. The van der Waals surface area contributed by atoms with E-state index in [2.05, 4.69) is 29.1 Å². The third kappa shape index (κ3) is 3.64. The molecule has 2 aromatic heterocycles. The Balaban J connectivity index is 0.000000545. The highest BCUT2D eigenvalue weighted by molar-refractivity contribution is 7.19. The zero-order valence-corrected chi connectivity index (χ0v) is 14.5. The first kappa shape index (κ1) is 16.9. The molecule has 120 valence electrons. The first-order valence-electron chi connectivity index (χ1n) is 8.16. The molecule has 0 aliphatic heterocycles. The quantitative estimate of drug-likeness (QED) is 0.831. The number of hydrogen-bond acceptors (Lipinski definition) is 5. The summed E-state index contributed by atoms with van der Waals surface area (Å²) in [5.41, 5.74) is 1.51. The monoisotopic (exact) mass is 319 g/mol. The van der Waals surface area contributed by atoms with Gasteiger partial charge in [0.25, 0.3) is 0 Å². The number of aryl methyl sites for hydroxylation is 2. The van der Waals surface area contributed by atoms with E-state index in [4.69, 9.17) is 4.79 Å². The van der Waals surface area contributed by atoms with E-state index in [1.807, 2.05) is 11.3 Å². The number of rotatable bonds is 5. The Morgan fingerprint density at radius 3 is 2.82 bits per heavy atom. The topological polar surface area (TPSA) is 54.9 Å². The van der Waals surface area contributed by atoms with Crippen LogP contribution in [0.2, 0.25) is 0 Å². The Morgan fingerprint density at radius 1 is 1.36 bits per heavy atom. The lowest BCUT2D eigenvalue weighted by Gasteiger charge is -2.17. The Labute approximate surface area is 136 Å². The van der Waals surface area contributed by atoms with Crippen LogP contribution in [0.5, 0.6) is 0 Å². The minimum Gasteiger partial charge on any atom is -0.367 e. The number of carbonyl (C=O) groups excluding carboxylic acids is 1. The van der Waals surface area contributed by atoms with Crippen molar-refractivity contribution in [1.82, 2.24) is 9.97 Å². The van der Waals surface area contributed by atoms with Crippen molar-refractivity contribution in [2.75, 3.05) is 5.32 Å². The number of aldehydes is 1. The summed E-state index contributed by atoms with van der Waals surface area (Å²) in [6.45, 7) is 5.92. The number of anilines is 1. The second kappa shape index (κ2) is 8.22. The van der Waals surface area contributed by atoms with Crippen LogP contribution in [0.4, 0.5) is 5.82 Å². The summed E-state index contributed by atoms with van der Waals surface area (Å²) >= 11 is 1.86. The van der Waals surface area contributed by atoms with E-state index in [-0.39, 0.29) is 0 Å². The molecule has 1 atom stereocenters. The summed E-state index contributed by atoms with van der Waals surface area (Å²) in [4.78, 5) is 20.5. The number of hydrogen-bond donors (Lipinski definition) is 1. The standard InChI is InChI=1S/C15H21N3S.C2H4O/c1-3-6-10(4-2)18-14-13-11-7-5-8-12(11)19-15(13)17-9-16-14;1-2-3/h9-10H,3-8H2,1-2H3,(H,16,17,18);2H,1H3. The van der Waals surface area contributed by atoms with Crippen molar-refractivity contribution < 1.29 is 4.79 Å². The summed E-state index contributed by atoms with van der Waals surface area (Å²) in [6.07, 6.45) is 9.72. The zero-order chi connectivity index (χ0) is 15.9. The van der Waals surface area contributed by atoms with Crippen LogP contribution < -0.4 is 5.32 Å². The predicted octanol–water partition coefficient (Wildman–Crippen LogP) is 4.38. The summed E-state index contributed by atoms with van der Waals surface area (Å²) in [5.74, 6) is 1.06. The molecule has 1 aliphatic rings. The first-order valence-corrected chi connectivity index (χ1v) is 8.98. The van der Waals surface area contributed by atoms with Crippen LogP contribution in [0.1, 0.15) is 56.9 Å². The van der Waals surface area contributed by atoms with E-state index >= 15 is 0 Å². The van der Waals surface area contributed by atoms with Gasteiger partial charge in [-0.05, 0) is 44.6 Å². The van der Waals surface area contributed by atoms with Gasteiger partial charge in [0.05, 0.1) is 5.39 Å². The third-order valence-electron chi connectivity index (χ3n) is 3.97. The van der Waals surface area contributed by atoms with E-state index in [1.54, 1.807) is 6.33 Å². The van der Waals surface area contributed by atoms with Crippen molar-refractivity contribution in [2.45, 2.75) is 65.3 Å². The average molecular weight is 319 g/mol. The number of thiophene rings is 1. The number of fused-ring (bicyclic) bond motifs is 3. The Morgan fingerprint density at radius 2 is 2.14 bits per heavy atom. The van der Waals surface area contributed by atoms with Crippen molar-refractivity contribution in [3.05, 3.63) is 16.8 Å². The van der Waals surface area contributed by atoms with Crippen LogP contribution in [-0.2, 0) is 17.6 Å². The molecule has 0 spiro atoms. The molecule has 3 rings (SSSR count). The van der Waals surface area contributed by atoms with E-state index < -0.39 is 0 Å². The van der Waals surface area contributed by atoms with Crippen LogP contribution >= 0.6 is 11.3 Å². The molecule has 2 heterocycles. The summed E-state index contributed by atoms with van der Waals surface area (Å²) in [5, 5.41) is 4.94. The van der Waals surface area contributed by atoms with Gasteiger partial charge >= 0.3 is 0 Å². The second-order valence-corrected chi connectivity index (χ2v) is 6.62. The number of carbonyl (C=O) groups is 1. The van der Waals surface area contributed by atoms with Gasteiger partial charge in [0.2, 0.25) is 0 Å². The molecule has 2 aromatic rings. The van der Waals surface area contributed by atoms with E-state index in [0.717, 1.165) is 23.4 Å². The largest absolute Gasteiger partial charge is 0.367 e. The maximum Gasteiger partial charge on any atom is 0.138 e. The summed E-state index contributed by atoms with van der Waals surface area (Å²) in [7, 11) is 0. The second-order valence-electron chi connectivity index (χ2n) is 5.53. The van der Waals surface area contributed by atoms with Crippen molar-refractivity contribution in [3.8, 4) is 0 Å². The van der Waals surface area contributed by atoms with Gasteiger partial charge < -0.3 is 10.1 Å². The molecule has 0 fully saturated rings. The number of aromatic nitrogens is 2. The molecule has 1 aliphatic carbocycles. The van der Waals surface area contributed by atoms with Crippen molar-refractivity contribution >= 4 is 33.7 Å². The molecule has 5 heteroatoms. The smallest absolute Gasteiger partial charge is 0.138 e. The molecule has 4 nitrogen and oxygen atoms in total. The zero-order valence-electron chi connectivity index (χ0n) is 13.7. The van der Waals surface area contributed by atoms with Crippen LogP contribution in [0, 0.1) is 0 Å². The maximum atomic E-state index is 8.81. The Hall–Kier alpha value is -1.49. The van der Waals surface area contributed by atoms with E-state index in [9.17, 15) is 0 Å². The highest BCUT2D eigenvalue weighted by Crippen LogP contribution is 2.39. The molecule has 1 N–H and O–H groups in total. The maximum absolute atomic E-state index is 8.81. The lowest BCUT2D eigenvalue weighted by Crippen LogP contribution is -2.19. The fourth-order valence-corrected chi connectivity index (χ4v) is 4.19. The van der Waals surface area contributed by atoms with Gasteiger partial charge in [-0.1, -0.05) is 20.3 Å². The van der Waals surface area contributed by atoms with E-state index in [1.165, 1.54) is 54.9 Å². The molecule has 1 unspecified atom stereocenters. The van der Waals surface area contributed by atoms with Crippen LogP contribution in [0.3, 0.4) is 0 Å². The summed E-state index contributed by atoms with van der Waals surface area (Å²) < 4.78 is 0. The van der Waals surface area contributed by atoms with Crippen molar-refractivity contribution in [2.24, 2.45) is 0 Å². The highest BCUT2D eigenvalue weighted by atomic mass is 32.1. The van der Waals surface area contributed by atoms with E-state index in [0.29, 0.717) is 6.04 Å². The molecular formula is C17H25N3OS. The fraction of sp³-hybridized carbons (Fsp3) is 0.588. The minimum atomic E-state index is 0.528. The predicted molar refractivity (Wildman–Crippen MR) is 93.8 cm³/mol. The summed E-state index contributed by atoms with van der Waals surface area (Å²) in [6, 6.07) is 0.528. The molecular weight excluding hydrogens is 294 g/mol. The van der Waals surface area contributed by atoms with Gasteiger partial charge in [0.1, 0.15) is 23.3 Å². The highest BCUT2D eigenvalue weighted by Gasteiger charge is 2.21. The molecule has 0 saturated carbocycles. The molecule has 0 amide bonds. The number of nitrogens with zero attached hydrogens (tertiary/aromatic N) is 2.